The van der Waals surface area contributed by atoms with Gasteiger partial charge in [-0.2, -0.15) is 13.2 Å². The van der Waals surface area contributed by atoms with Crippen molar-refractivity contribution < 1.29 is 22.9 Å². The van der Waals surface area contributed by atoms with Crippen LogP contribution in [0.3, 0.4) is 0 Å². The molecule has 0 bridgehead atoms. The highest BCUT2D eigenvalue weighted by Gasteiger charge is 2.32. The van der Waals surface area contributed by atoms with E-state index >= 15 is 0 Å². The van der Waals surface area contributed by atoms with Crippen molar-refractivity contribution in [3.05, 3.63) is 46.3 Å². The van der Waals surface area contributed by atoms with Gasteiger partial charge in [0.25, 0.3) is 5.69 Å². The van der Waals surface area contributed by atoms with E-state index in [0.717, 1.165) is 12.1 Å². The molecule has 0 unspecified atom stereocenters. The fourth-order valence-corrected chi connectivity index (χ4v) is 2.84. The van der Waals surface area contributed by atoms with Gasteiger partial charge in [0.05, 0.1) is 16.2 Å². The van der Waals surface area contributed by atoms with Crippen LogP contribution >= 0.6 is 11.8 Å². The van der Waals surface area contributed by atoms with Crippen molar-refractivity contribution in [3.63, 3.8) is 0 Å². The monoisotopic (exact) mass is 403 g/mol. The number of nitrogens with zero attached hydrogens (tertiary/aromatic N) is 3. The van der Waals surface area contributed by atoms with E-state index in [2.05, 4.69) is 15.6 Å². The average molecular weight is 403 g/mol. The molecule has 0 atom stereocenters. The van der Waals surface area contributed by atoms with Crippen LogP contribution in [-0.4, -0.2) is 39.2 Å². The molecule has 1 aromatic carbocycles. The summed E-state index contributed by atoms with van der Waals surface area (Å²) < 4.78 is 39.7. The number of amides is 1. The lowest BCUT2D eigenvalue weighted by atomic mass is 10.1. The molecule has 1 aromatic heterocycles. The Balaban J connectivity index is 1.83. The summed E-state index contributed by atoms with van der Waals surface area (Å²) in [6.07, 6.45) is -1.30. The second kappa shape index (κ2) is 8.75. The first-order chi connectivity index (χ1) is 12.7. The summed E-state index contributed by atoms with van der Waals surface area (Å²) in [6, 6.07) is 2.24. The van der Waals surface area contributed by atoms with Gasteiger partial charge >= 0.3 is 6.18 Å². The summed E-state index contributed by atoms with van der Waals surface area (Å²) in [5.74, 6) is -0.114. The maximum absolute atomic E-state index is 12.7. The molecule has 27 heavy (non-hydrogen) atoms. The maximum atomic E-state index is 12.7. The van der Waals surface area contributed by atoms with Gasteiger partial charge in [-0.3, -0.25) is 14.9 Å². The number of halogens is 3. The minimum Gasteiger partial charge on any atom is -0.378 e. The van der Waals surface area contributed by atoms with Gasteiger partial charge in [-0.25, -0.2) is 4.98 Å². The zero-order valence-corrected chi connectivity index (χ0v) is 14.9. The molecule has 0 aliphatic rings. The molecule has 2 N–H and O–H groups in total. The van der Waals surface area contributed by atoms with Gasteiger partial charge in [-0.05, 0) is 12.1 Å². The van der Waals surface area contributed by atoms with E-state index in [-0.39, 0.29) is 30.4 Å². The molecule has 0 saturated heterocycles. The second-order valence-corrected chi connectivity index (χ2v) is 6.32. The van der Waals surface area contributed by atoms with Crippen LogP contribution in [0, 0.1) is 10.1 Å². The molecule has 0 fully saturated rings. The number of imidazole rings is 1. The number of aryl methyl sites for hydroxylation is 1. The molecule has 8 nitrogen and oxygen atoms in total. The Kier molecular flexibility index (Phi) is 6.66. The smallest absolute Gasteiger partial charge is 0.378 e. The molecule has 0 aliphatic heterocycles. The summed E-state index contributed by atoms with van der Waals surface area (Å²) in [6.45, 7) is 0.267. The van der Waals surface area contributed by atoms with E-state index < -0.39 is 22.4 Å². The highest BCUT2D eigenvalue weighted by atomic mass is 32.2. The third-order valence-corrected chi connectivity index (χ3v) is 4.45. The summed E-state index contributed by atoms with van der Waals surface area (Å²) in [5, 5.41) is 16.9. The first-order valence-electron chi connectivity index (χ1n) is 7.65. The Morgan fingerprint density at radius 2 is 2.11 bits per heavy atom. The Morgan fingerprint density at radius 1 is 1.37 bits per heavy atom. The predicted octanol–water partition coefficient (Wildman–Crippen LogP) is 2.67. The minimum absolute atomic E-state index is 0.0513. The summed E-state index contributed by atoms with van der Waals surface area (Å²) in [4.78, 5) is 25.9. The number of thioether (sulfide) groups is 1. The number of nitro groups is 1. The number of carbonyl (C=O) groups excluding carboxylic acids is 1. The SMILES string of the molecule is Cn1ccnc1SCC(=O)NCCNc1ccc(C(F)(F)F)cc1[N+](=O)[O-]. The molecule has 2 rings (SSSR count). The van der Waals surface area contributed by atoms with Crippen LogP contribution in [0.1, 0.15) is 5.56 Å². The zero-order chi connectivity index (χ0) is 20.0. The largest absolute Gasteiger partial charge is 0.416 e. The highest BCUT2D eigenvalue weighted by molar-refractivity contribution is 7.99. The van der Waals surface area contributed by atoms with Crippen molar-refractivity contribution in [1.82, 2.24) is 14.9 Å². The molecule has 2 aromatic rings. The van der Waals surface area contributed by atoms with Gasteiger partial charge in [0.15, 0.2) is 5.16 Å². The first kappa shape index (κ1) is 20.6. The molecule has 146 valence electrons. The van der Waals surface area contributed by atoms with E-state index in [1.807, 2.05) is 0 Å². The van der Waals surface area contributed by atoms with Gasteiger partial charge in [0.1, 0.15) is 5.69 Å². The van der Waals surface area contributed by atoms with Crippen molar-refractivity contribution in [1.29, 1.82) is 0 Å². The fraction of sp³-hybridized carbons (Fsp3) is 0.333. The van der Waals surface area contributed by atoms with Crippen LogP contribution in [0.4, 0.5) is 24.5 Å². The van der Waals surface area contributed by atoms with Crippen molar-refractivity contribution in [3.8, 4) is 0 Å². The second-order valence-electron chi connectivity index (χ2n) is 5.37. The number of nitrogens with one attached hydrogen (secondary N) is 2. The predicted molar refractivity (Wildman–Crippen MR) is 93.5 cm³/mol. The molecule has 0 spiro atoms. The summed E-state index contributed by atoms with van der Waals surface area (Å²) in [5.41, 5.74) is -1.83. The normalized spacial score (nSPS) is 11.3. The third-order valence-electron chi connectivity index (χ3n) is 3.39. The molecular weight excluding hydrogens is 387 g/mol. The van der Waals surface area contributed by atoms with Gasteiger partial charge < -0.3 is 15.2 Å². The Labute approximate surface area is 156 Å². The van der Waals surface area contributed by atoms with Crippen LogP contribution in [0.2, 0.25) is 0 Å². The van der Waals surface area contributed by atoms with Crippen molar-refractivity contribution in [2.45, 2.75) is 11.3 Å². The maximum Gasteiger partial charge on any atom is 0.416 e. The fourth-order valence-electron chi connectivity index (χ4n) is 2.08. The number of rotatable bonds is 8. The van der Waals surface area contributed by atoms with Gasteiger partial charge in [-0.1, -0.05) is 11.8 Å². The van der Waals surface area contributed by atoms with Gasteiger partial charge in [-0.15, -0.1) is 0 Å². The van der Waals surface area contributed by atoms with Crippen LogP contribution in [0.25, 0.3) is 0 Å². The van der Waals surface area contributed by atoms with Crippen LogP contribution in [0.15, 0.2) is 35.7 Å². The lowest BCUT2D eigenvalue weighted by Crippen LogP contribution is -2.30. The quantitative estimate of drug-likeness (QED) is 0.304. The lowest BCUT2D eigenvalue weighted by Gasteiger charge is -2.11. The number of carbonyl (C=O) groups is 1. The number of nitro benzene ring substituents is 1. The van der Waals surface area contributed by atoms with E-state index in [4.69, 9.17) is 0 Å². The van der Waals surface area contributed by atoms with E-state index in [1.54, 1.807) is 24.0 Å². The molecule has 1 amide bonds. The molecule has 0 saturated carbocycles. The highest BCUT2D eigenvalue weighted by Crippen LogP contribution is 2.34. The molecule has 1 heterocycles. The number of hydrogen-bond donors (Lipinski definition) is 2. The van der Waals surface area contributed by atoms with E-state index in [0.29, 0.717) is 11.2 Å². The van der Waals surface area contributed by atoms with Gasteiger partial charge in [0, 0.05) is 38.6 Å². The van der Waals surface area contributed by atoms with Crippen molar-refractivity contribution in [2.24, 2.45) is 7.05 Å². The lowest BCUT2D eigenvalue weighted by molar-refractivity contribution is -0.384. The Bertz CT molecular complexity index is 825. The zero-order valence-electron chi connectivity index (χ0n) is 14.1. The molecule has 0 aliphatic carbocycles. The minimum atomic E-state index is -4.66. The molecular formula is C15H16F3N5O3S. The van der Waals surface area contributed by atoms with Crippen LogP contribution < -0.4 is 10.6 Å². The summed E-state index contributed by atoms with van der Waals surface area (Å²) >= 11 is 1.25. The van der Waals surface area contributed by atoms with Crippen molar-refractivity contribution >= 4 is 29.0 Å². The summed E-state index contributed by atoms with van der Waals surface area (Å²) in [7, 11) is 1.80. The average Bonchev–Trinajstić information content (AvgIpc) is 3.01. The topological polar surface area (TPSA) is 102 Å². The van der Waals surface area contributed by atoms with E-state index in [1.165, 1.54) is 11.8 Å². The molecule has 0 radical (unpaired) electrons. The Morgan fingerprint density at radius 3 is 2.70 bits per heavy atom. The number of aromatic nitrogens is 2. The molecule has 12 heteroatoms. The standard InChI is InChI=1S/C15H16F3N5O3S/c1-22-7-6-21-14(22)27-9-13(24)20-5-4-19-11-3-2-10(15(16,17)18)8-12(11)23(25)26/h2-3,6-8,19H,4-5,9H2,1H3,(H,20,24). The van der Waals surface area contributed by atoms with E-state index in [9.17, 15) is 28.1 Å². The number of benzene rings is 1. The van der Waals surface area contributed by atoms with Crippen LogP contribution in [0.5, 0.6) is 0 Å². The van der Waals surface area contributed by atoms with Crippen molar-refractivity contribution in [2.75, 3.05) is 24.2 Å². The van der Waals surface area contributed by atoms with Crippen LogP contribution in [-0.2, 0) is 18.0 Å². The number of alkyl halides is 3. The van der Waals surface area contributed by atoms with Gasteiger partial charge in [0.2, 0.25) is 5.91 Å². The number of anilines is 1. The Hall–Kier alpha value is -2.76. The first-order valence-corrected chi connectivity index (χ1v) is 8.63. The number of hydrogen-bond acceptors (Lipinski definition) is 6. The third kappa shape index (κ3) is 5.88.